The summed E-state index contributed by atoms with van der Waals surface area (Å²) in [5.41, 5.74) is 2.08. The quantitative estimate of drug-likeness (QED) is 0.913. The van der Waals surface area contributed by atoms with Gasteiger partial charge in [0.15, 0.2) is 9.84 Å². The molecule has 1 aliphatic heterocycles. The molecule has 5 heteroatoms. The molecule has 1 aromatic heterocycles. The number of nitrogens with one attached hydrogen (secondary N) is 1. The second-order valence-electron chi connectivity index (χ2n) is 5.09. The minimum atomic E-state index is -2.86. The van der Waals surface area contributed by atoms with Crippen molar-refractivity contribution in [2.45, 2.75) is 19.4 Å². The Hall–Kier alpha value is -1.62. The minimum absolute atomic E-state index is 0.0157. The molecule has 19 heavy (non-hydrogen) atoms. The van der Waals surface area contributed by atoms with Gasteiger partial charge >= 0.3 is 0 Å². The summed E-state index contributed by atoms with van der Waals surface area (Å²) in [6, 6.07) is 9.93. The lowest BCUT2D eigenvalue weighted by Gasteiger charge is -2.13. The van der Waals surface area contributed by atoms with E-state index in [-0.39, 0.29) is 17.5 Å². The molecule has 100 valence electrons. The third kappa shape index (κ3) is 2.56. The molecular weight excluding hydrogens is 260 g/mol. The summed E-state index contributed by atoms with van der Waals surface area (Å²) in [6.45, 7) is 2.04. The van der Waals surface area contributed by atoms with Crippen LogP contribution >= 0.6 is 0 Å². The van der Waals surface area contributed by atoms with Gasteiger partial charge in [-0.15, -0.1) is 0 Å². The van der Waals surface area contributed by atoms with Gasteiger partial charge in [0.05, 0.1) is 17.0 Å². The fourth-order valence-corrected chi connectivity index (χ4v) is 4.21. The molecule has 0 unspecified atom stereocenters. The summed E-state index contributed by atoms with van der Waals surface area (Å²) in [5.74, 6) is 1.25. The summed E-state index contributed by atoms with van der Waals surface area (Å²) in [7, 11) is -2.86. The highest BCUT2D eigenvalue weighted by molar-refractivity contribution is 7.91. The molecule has 1 atom stereocenters. The number of hydrogen-bond donors (Lipinski definition) is 1. The monoisotopic (exact) mass is 276 g/mol. The molecule has 0 saturated carbocycles. The minimum Gasteiger partial charge on any atom is -0.366 e. The highest BCUT2D eigenvalue weighted by atomic mass is 32.2. The molecule has 4 nitrogen and oxygen atoms in total. The topological polar surface area (TPSA) is 59.1 Å². The number of nitrogens with zero attached hydrogens (tertiary/aromatic N) is 1. The van der Waals surface area contributed by atoms with E-state index in [1.54, 1.807) is 0 Å². The second-order valence-corrected chi connectivity index (χ2v) is 7.31. The average Bonchev–Trinajstić information content (AvgIpc) is 2.69. The van der Waals surface area contributed by atoms with E-state index in [1.165, 1.54) is 0 Å². The van der Waals surface area contributed by atoms with E-state index >= 15 is 0 Å². The van der Waals surface area contributed by atoms with Gasteiger partial charge in [0.2, 0.25) is 0 Å². The van der Waals surface area contributed by atoms with Crippen molar-refractivity contribution < 1.29 is 8.42 Å². The molecule has 0 amide bonds. The van der Waals surface area contributed by atoms with Gasteiger partial charge in [0.1, 0.15) is 5.82 Å². The molecule has 1 aliphatic rings. The molecule has 0 spiro atoms. The predicted octanol–water partition coefficient (Wildman–Crippen LogP) is 2.14. The van der Waals surface area contributed by atoms with E-state index in [2.05, 4.69) is 10.3 Å². The Morgan fingerprint density at radius 1 is 1.32 bits per heavy atom. The zero-order valence-electron chi connectivity index (χ0n) is 10.8. The first-order valence-electron chi connectivity index (χ1n) is 6.37. The third-order valence-electron chi connectivity index (χ3n) is 3.51. The fourth-order valence-electron chi connectivity index (χ4n) is 2.54. The number of aromatic nitrogens is 1. The Balaban J connectivity index is 1.90. The van der Waals surface area contributed by atoms with Crippen LogP contribution in [0, 0.1) is 6.92 Å². The van der Waals surface area contributed by atoms with Crippen molar-refractivity contribution in [3.63, 3.8) is 0 Å². The van der Waals surface area contributed by atoms with Crippen LogP contribution in [-0.2, 0) is 9.84 Å². The third-order valence-corrected chi connectivity index (χ3v) is 5.28. The van der Waals surface area contributed by atoms with Gasteiger partial charge in [-0.3, -0.25) is 0 Å². The van der Waals surface area contributed by atoms with Crippen molar-refractivity contribution in [1.29, 1.82) is 0 Å². The standard InChI is InChI=1S/C14H16N2O2S/c1-10-8-14(15-11-6-7-19(17,18)9-11)16-13-5-3-2-4-12(10)13/h2-5,8,11H,6-7,9H2,1H3,(H,15,16)/t11-/m0/s1. The van der Waals surface area contributed by atoms with Crippen molar-refractivity contribution in [2.75, 3.05) is 16.8 Å². The first-order valence-corrected chi connectivity index (χ1v) is 8.19. The zero-order valence-corrected chi connectivity index (χ0v) is 11.6. The number of anilines is 1. The van der Waals surface area contributed by atoms with E-state index in [0.29, 0.717) is 6.42 Å². The Labute approximate surface area is 112 Å². The van der Waals surface area contributed by atoms with E-state index in [9.17, 15) is 8.42 Å². The Morgan fingerprint density at radius 3 is 2.84 bits per heavy atom. The van der Waals surface area contributed by atoms with Gasteiger partial charge in [-0.1, -0.05) is 18.2 Å². The lowest BCUT2D eigenvalue weighted by molar-refractivity contribution is 0.602. The summed E-state index contributed by atoms with van der Waals surface area (Å²) in [4.78, 5) is 4.54. The zero-order chi connectivity index (χ0) is 13.5. The molecule has 3 rings (SSSR count). The van der Waals surface area contributed by atoms with Crippen LogP contribution in [0.1, 0.15) is 12.0 Å². The van der Waals surface area contributed by atoms with Crippen molar-refractivity contribution in [2.24, 2.45) is 0 Å². The summed E-state index contributed by atoms with van der Waals surface area (Å²) >= 11 is 0. The van der Waals surface area contributed by atoms with Crippen LogP contribution in [0.4, 0.5) is 5.82 Å². The summed E-state index contributed by atoms with van der Waals surface area (Å²) < 4.78 is 22.9. The molecule has 0 bridgehead atoms. The van der Waals surface area contributed by atoms with Crippen LogP contribution in [-0.4, -0.2) is 30.9 Å². The number of para-hydroxylation sites is 1. The van der Waals surface area contributed by atoms with Gasteiger partial charge in [0, 0.05) is 11.4 Å². The summed E-state index contributed by atoms with van der Waals surface area (Å²) in [6.07, 6.45) is 0.663. The number of rotatable bonds is 2. The molecule has 1 aromatic carbocycles. The molecule has 1 N–H and O–H groups in total. The van der Waals surface area contributed by atoms with Gasteiger partial charge < -0.3 is 5.32 Å². The maximum atomic E-state index is 11.5. The average molecular weight is 276 g/mol. The van der Waals surface area contributed by atoms with Gasteiger partial charge in [-0.25, -0.2) is 13.4 Å². The van der Waals surface area contributed by atoms with E-state index < -0.39 is 9.84 Å². The van der Waals surface area contributed by atoms with Crippen LogP contribution in [0.15, 0.2) is 30.3 Å². The van der Waals surface area contributed by atoms with E-state index in [0.717, 1.165) is 22.3 Å². The highest BCUT2D eigenvalue weighted by Gasteiger charge is 2.27. The van der Waals surface area contributed by atoms with E-state index in [1.807, 2.05) is 37.3 Å². The maximum Gasteiger partial charge on any atom is 0.152 e. The van der Waals surface area contributed by atoms with E-state index in [4.69, 9.17) is 0 Å². The van der Waals surface area contributed by atoms with Crippen LogP contribution < -0.4 is 5.32 Å². The van der Waals surface area contributed by atoms with Crippen molar-refractivity contribution >= 4 is 26.6 Å². The largest absolute Gasteiger partial charge is 0.366 e. The van der Waals surface area contributed by atoms with Crippen molar-refractivity contribution in [3.05, 3.63) is 35.9 Å². The number of sulfone groups is 1. The number of aryl methyl sites for hydroxylation is 1. The van der Waals surface area contributed by atoms with Gasteiger partial charge in [-0.2, -0.15) is 0 Å². The highest BCUT2D eigenvalue weighted by Crippen LogP contribution is 2.22. The second kappa shape index (κ2) is 4.49. The summed E-state index contributed by atoms with van der Waals surface area (Å²) in [5, 5.41) is 4.37. The van der Waals surface area contributed by atoms with Gasteiger partial charge in [0.25, 0.3) is 0 Å². The number of pyridine rings is 1. The number of fused-ring (bicyclic) bond motifs is 1. The first kappa shape index (κ1) is 12.4. The Morgan fingerprint density at radius 2 is 2.11 bits per heavy atom. The Bertz CT molecular complexity index is 725. The lowest BCUT2D eigenvalue weighted by Crippen LogP contribution is -2.21. The SMILES string of the molecule is Cc1cc(N[C@H]2CCS(=O)(=O)C2)nc2ccccc12. The molecular formula is C14H16N2O2S. The molecule has 1 saturated heterocycles. The lowest BCUT2D eigenvalue weighted by atomic mass is 10.1. The van der Waals surface area contributed by atoms with Crippen molar-refractivity contribution in [3.8, 4) is 0 Å². The van der Waals surface area contributed by atoms with Crippen LogP contribution in [0.25, 0.3) is 10.9 Å². The molecule has 0 aliphatic carbocycles. The number of benzene rings is 1. The number of hydrogen-bond acceptors (Lipinski definition) is 4. The molecule has 0 radical (unpaired) electrons. The smallest absolute Gasteiger partial charge is 0.152 e. The molecule has 2 heterocycles. The van der Waals surface area contributed by atoms with Gasteiger partial charge in [-0.05, 0) is 31.0 Å². The Kier molecular flexibility index (Phi) is 2.93. The fraction of sp³-hybridized carbons (Fsp3) is 0.357. The van der Waals surface area contributed by atoms with Crippen LogP contribution in [0.5, 0.6) is 0 Å². The molecule has 2 aromatic rings. The van der Waals surface area contributed by atoms with Crippen molar-refractivity contribution in [1.82, 2.24) is 4.98 Å². The first-order chi connectivity index (χ1) is 9.03. The molecule has 1 fully saturated rings. The predicted molar refractivity (Wildman–Crippen MR) is 77.2 cm³/mol. The maximum absolute atomic E-state index is 11.5. The van der Waals surface area contributed by atoms with Crippen LogP contribution in [0.3, 0.4) is 0 Å². The normalized spacial score (nSPS) is 21.6. The van der Waals surface area contributed by atoms with Crippen LogP contribution in [0.2, 0.25) is 0 Å².